The molecule has 1 aromatic carbocycles. The lowest BCUT2D eigenvalue weighted by Crippen LogP contribution is -2.54. The summed E-state index contributed by atoms with van der Waals surface area (Å²) in [6.07, 6.45) is 2.78. The molecule has 1 spiro atoms. The number of methoxy groups -OCH3 is 1. The van der Waals surface area contributed by atoms with E-state index in [-0.39, 0.29) is 11.6 Å². The van der Waals surface area contributed by atoms with E-state index in [0.717, 1.165) is 18.5 Å². The maximum absolute atomic E-state index is 12.8. The molecule has 1 heterocycles. The number of Topliss-reactive ketones (excluding diaryl/α,β-unsaturated/α-hetero) is 2. The molecule has 1 unspecified atom stereocenters. The number of ketones is 2. The Morgan fingerprint density at radius 2 is 2.10 bits per heavy atom. The molecular formula is C16H19NO3. The van der Waals surface area contributed by atoms with Crippen molar-refractivity contribution in [1.29, 1.82) is 0 Å². The molecule has 1 atom stereocenters. The van der Waals surface area contributed by atoms with E-state index in [2.05, 4.69) is 0 Å². The first-order chi connectivity index (χ1) is 9.71. The topological polar surface area (TPSA) is 46.6 Å². The summed E-state index contributed by atoms with van der Waals surface area (Å²) in [5, 5.41) is 0. The fourth-order valence-corrected chi connectivity index (χ4v) is 3.51. The van der Waals surface area contributed by atoms with Gasteiger partial charge in [-0.15, -0.1) is 0 Å². The lowest BCUT2D eigenvalue weighted by atomic mass is 9.89. The zero-order valence-corrected chi connectivity index (χ0v) is 11.7. The zero-order valence-electron chi connectivity index (χ0n) is 11.7. The van der Waals surface area contributed by atoms with Crippen molar-refractivity contribution in [3.05, 3.63) is 29.8 Å². The first kappa shape index (κ1) is 13.3. The molecule has 1 aliphatic heterocycles. The average Bonchev–Trinajstić information content (AvgIpc) is 2.95. The van der Waals surface area contributed by atoms with Crippen LogP contribution >= 0.6 is 0 Å². The predicted octanol–water partition coefficient (Wildman–Crippen LogP) is 2.22. The average molecular weight is 273 g/mol. The van der Waals surface area contributed by atoms with E-state index >= 15 is 0 Å². The van der Waals surface area contributed by atoms with Crippen molar-refractivity contribution in [2.45, 2.75) is 31.2 Å². The molecule has 1 aliphatic carbocycles. The number of nitrogens with zero attached hydrogens (tertiary/aromatic N) is 1. The number of anilines is 1. The number of fused-ring (bicyclic) bond motifs is 1. The summed E-state index contributed by atoms with van der Waals surface area (Å²) >= 11 is 0. The number of rotatable bonds is 4. The van der Waals surface area contributed by atoms with Crippen molar-refractivity contribution in [2.24, 2.45) is 0 Å². The van der Waals surface area contributed by atoms with Gasteiger partial charge in [0.2, 0.25) is 0 Å². The number of carbonyl (C=O) groups is 2. The second kappa shape index (κ2) is 5.02. The standard InChI is InChI=1S/C16H19NO3/c1-20-11-5-10-17-13-7-3-2-6-12(13)15(19)16(17)9-4-8-14(16)18/h2-3,6-7H,4-5,8-11H2,1H3. The summed E-state index contributed by atoms with van der Waals surface area (Å²) in [5.74, 6) is 0.0733. The number of ether oxygens (including phenoxy) is 1. The van der Waals surface area contributed by atoms with Gasteiger partial charge in [-0.2, -0.15) is 0 Å². The molecule has 0 aromatic heterocycles. The molecule has 4 heteroatoms. The van der Waals surface area contributed by atoms with Gasteiger partial charge < -0.3 is 9.64 Å². The van der Waals surface area contributed by atoms with E-state index in [1.807, 2.05) is 29.2 Å². The monoisotopic (exact) mass is 273 g/mol. The van der Waals surface area contributed by atoms with Gasteiger partial charge in [0.1, 0.15) is 0 Å². The van der Waals surface area contributed by atoms with Crippen LogP contribution in [0.5, 0.6) is 0 Å². The van der Waals surface area contributed by atoms with Gasteiger partial charge in [0.25, 0.3) is 0 Å². The highest BCUT2D eigenvalue weighted by molar-refractivity contribution is 6.27. The minimum absolute atomic E-state index is 0.00647. The highest BCUT2D eigenvalue weighted by atomic mass is 16.5. The third-order valence-electron chi connectivity index (χ3n) is 4.41. The van der Waals surface area contributed by atoms with Gasteiger partial charge >= 0.3 is 0 Å². The predicted molar refractivity (Wildman–Crippen MR) is 76.2 cm³/mol. The number of para-hydroxylation sites is 1. The fraction of sp³-hybridized carbons (Fsp3) is 0.500. The summed E-state index contributed by atoms with van der Waals surface area (Å²) in [5.41, 5.74) is 0.682. The van der Waals surface area contributed by atoms with Gasteiger partial charge in [-0.1, -0.05) is 12.1 Å². The highest BCUT2D eigenvalue weighted by Crippen LogP contribution is 2.45. The van der Waals surface area contributed by atoms with Crippen molar-refractivity contribution in [2.75, 3.05) is 25.2 Å². The first-order valence-electron chi connectivity index (χ1n) is 7.15. The Bertz CT molecular complexity index is 554. The summed E-state index contributed by atoms with van der Waals surface area (Å²) < 4.78 is 5.10. The van der Waals surface area contributed by atoms with Gasteiger partial charge in [-0.25, -0.2) is 0 Å². The van der Waals surface area contributed by atoms with Crippen LogP contribution in [0.2, 0.25) is 0 Å². The number of hydrogen-bond acceptors (Lipinski definition) is 4. The number of benzene rings is 1. The lowest BCUT2D eigenvalue weighted by Gasteiger charge is -2.34. The van der Waals surface area contributed by atoms with Gasteiger partial charge in [0.15, 0.2) is 17.1 Å². The largest absolute Gasteiger partial charge is 0.385 e. The van der Waals surface area contributed by atoms with Gasteiger partial charge in [0, 0.05) is 37.9 Å². The van der Waals surface area contributed by atoms with Crippen LogP contribution in [-0.2, 0) is 9.53 Å². The molecule has 0 saturated heterocycles. The van der Waals surface area contributed by atoms with Gasteiger partial charge in [-0.3, -0.25) is 9.59 Å². The van der Waals surface area contributed by atoms with E-state index in [1.54, 1.807) is 7.11 Å². The van der Waals surface area contributed by atoms with Crippen molar-refractivity contribution in [3.63, 3.8) is 0 Å². The maximum Gasteiger partial charge on any atom is 0.198 e. The molecule has 0 radical (unpaired) electrons. The number of hydrogen-bond donors (Lipinski definition) is 0. The molecular weight excluding hydrogens is 254 g/mol. The van der Waals surface area contributed by atoms with E-state index in [4.69, 9.17) is 4.74 Å². The zero-order chi connectivity index (χ0) is 14.2. The Morgan fingerprint density at radius 1 is 1.30 bits per heavy atom. The van der Waals surface area contributed by atoms with Crippen LogP contribution < -0.4 is 4.90 Å². The maximum atomic E-state index is 12.8. The molecule has 1 fully saturated rings. The summed E-state index contributed by atoms with van der Waals surface area (Å²) in [6.45, 7) is 1.32. The Hall–Kier alpha value is -1.68. The normalized spacial score (nSPS) is 24.8. The second-order valence-corrected chi connectivity index (χ2v) is 5.48. The van der Waals surface area contributed by atoms with E-state index in [9.17, 15) is 9.59 Å². The van der Waals surface area contributed by atoms with Gasteiger partial charge in [0.05, 0.1) is 0 Å². The minimum atomic E-state index is -0.919. The van der Waals surface area contributed by atoms with Crippen LogP contribution in [0.1, 0.15) is 36.0 Å². The molecule has 4 nitrogen and oxygen atoms in total. The van der Waals surface area contributed by atoms with E-state index in [0.29, 0.717) is 31.6 Å². The molecule has 0 N–H and O–H groups in total. The quantitative estimate of drug-likeness (QED) is 0.623. The third kappa shape index (κ3) is 1.71. The number of carbonyl (C=O) groups excluding carboxylic acids is 2. The molecule has 1 saturated carbocycles. The minimum Gasteiger partial charge on any atom is -0.385 e. The smallest absolute Gasteiger partial charge is 0.198 e. The Morgan fingerprint density at radius 3 is 2.80 bits per heavy atom. The van der Waals surface area contributed by atoms with Crippen LogP contribution in [0.3, 0.4) is 0 Å². The summed E-state index contributed by atoms with van der Waals surface area (Å²) in [6, 6.07) is 7.57. The van der Waals surface area contributed by atoms with Crippen molar-refractivity contribution >= 4 is 17.3 Å². The Balaban J connectivity index is 2.01. The highest BCUT2D eigenvalue weighted by Gasteiger charge is 2.57. The molecule has 0 bridgehead atoms. The van der Waals surface area contributed by atoms with Crippen molar-refractivity contribution in [1.82, 2.24) is 0 Å². The van der Waals surface area contributed by atoms with Crippen LogP contribution in [0.4, 0.5) is 5.69 Å². The van der Waals surface area contributed by atoms with Crippen LogP contribution in [0.25, 0.3) is 0 Å². The van der Waals surface area contributed by atoms with Crippen LogP contribution in [0.15, 0.2) is 24.3 Å². The second-order valence-electron chi connectivity index (χ2n) is 5.48. The molecule has 2 aliphatic rings. The Labute approximate surface area is 118 Å². The van der Waals surface area contributed by atoms with Gasteiger partial charge in [-0.05, 0) is 31.4 Å². The summed E-state index contributed by atoms with van der Waals surface area (Å²) in [7, 11) is 1.67. The molecule has 106 valence electrons. The third-order valence-corrected chi connectivity index (χ3v) is 4.41. The van der Waals surface area contributed by atoms with E-state index in [1.165, 1.54) is 0 Å². The fourth-order valence-electron chi connectivity index (χ4n) is 3.51. The van der Waals surface area contributed by atoms with Crippen molar-refractivity contribution in [3.8, 4) is 0 Å². The molecule has 3 rings (SSSR count). The molecule has 20 heavy (non-hydrogen) atoms. The van der Waals surface area contributed by atoms with E-state index < -0.39 is 5.54 Å². The molecule has 1 aromatic rings. The lowest BCUT2D eigenvalue weighted by molar-refractivity contribution is -0.120. The molecule has 0 amide bonds. The van der Waals surface area contributed by atoms with Crippen LogP contribution in [-0.4, -0.2) is 37.4 Å². The summed E-state index contributed by atoms with van der Waals surface area (Å²) in [4.78, 5) is 27.2. The van der Waals surface area contributed by atoms with Crippen molar-refractivity contribution < 1.29 is 14.3 Å². The van der Waals surface area contributed by atoms with Crippen LogP contribution in [0, 0.1) is 0 Å². The first-order valence-corrected chi connectivity index (χ1v) is 7.15. The Kier molecular flexibility index (Phi) is 3.34. The SMILES string of the molecule is COCCCN1c2ccccc2C(=O)C12CCCC2=O.